The largest absolute Gasteiger partial charge is 1.00 e. The molecular weight excluding hydrogens is 331 g/mol. The molecule has 1 N–H and O–H groups in total. The molecule has 0 aliphatic rings. The van der Waals surface area contributed by atoms with Gasteiger partial charge in [-0.25, -0.2) is 0 Å². The molecule has 2 aromatic rings. The summed E-state index contributed by atoms with van der Waals surface area (Å²) in [7, 11) is 0. The van der Waals surface area contributed by atoms with Gasteiger partial charge in [-0.2, -0.15) is 0 Å². The first-order valence-electron chi connectivity index (χ1n) is 7.50. The van der Waals surface area contributed by atoms with Gasteiger partial charge in [-0.05, 0) is 42.7 Å². The number of carbonyl (C=O) groups is 2. The fraction of sp³-hybridized carbons (Fsp3) is 0.263. The predicted octanol–water partition coefficient (Wildman–Crippen LogP) is 1.05. The van der Waals surface area contributed by atoms with Crippen molar-refractivity contribution < 1.29 is 72.2 Å². The number of carboxylic acids is 1. The average Bonchev–Trinajstić information content (AvgIpc) is 2.52. The normalized spacial score (nSPS) is 9.92. The van der Waals surface area contributed by atoms with Crippen molar-refractivity contribution in [3.63, 3.8) is 0 Å². The Balaban J connectivity index is 0.00000288. The Morgan fingerprint density at radius 3 is 2.29 bits per heavy atom. The van der Waals surface area contributed by atoms with Crippen LogP contribution in [0, 0.1) is 13.8 Å². The number of benzene rings is 2. The molecule has 0 heterocycles. The zero-order valence-corrected chi connectivity index (χ0v) is 17.5. The van der Waals surface area contributed by atoms with Gasteiger partial charge in [0.25, 0.3) is 0 Å². The van der Waals surface area contributed by atoms with Gasteiger partial charge < -0.3 is 11.3 Å². The topological polar surface area (TPSA) is 63.6 Å². The number of carbonyl (C=O) groups excluding carboxylic acids is 1. The molecule has 0 aliphatic heterocycles. The molecule has 0 saturated carbocycles. The Labute approximate surface area is 186 Å². The van der Waals surface area contributed by atoms with Gasteiger partial charge in [0.15, 0.2) is 5.78 Å². The van der Waals surface area contributed by atoms with Crippen molar-refractivity contribution in [1.82, 2.24) is 0 Å². The van der Waals surface area contributed by atoms with E-state index in [1.54, 1.807) is 24.3 Å². The van der Waals surface area contributed by atoms with Crippen LogP contribution in [0.3, 0.4) is 0 Å². The maximum atomic E-state index is 12.0. The summed E-state index contributed by atoms with van der Waals surface area (Å²) in [4.78, 5) is 22.5. The summed E-state index contributed by atoms with van der Waals surface area (Å²) < 4.78 is 5.80. The first kappa shape index (κ1) is 21.1. The van der Waals surface area contributed by atoms with Gasteiger partial charge in [0, 0.05) is 12.0 Å². The summed E-state index contributed by atoms with van der Waals surface area (Å²) in [6, 6.07) is 13.0. The molecule has 0 aliphatic carbocycles. The van der Waals surface area contributed by atoms with E-state index in [0.717, 1.165) is 5.56 Å². The minimum atomic E-state index is -0.971. The van der Waals surface area contributed by atoms with Gasteiger partial charge in [0.05, 0.1) is 6.42 Å². The number of rotatable bonds is 7. The van der Waals surface area contributed by atoms with E-state index in [1.807, 2.05) is 32.0 Å². The fourth-order valence-corrected chi connectivity index (χ4v) is 2.36. The van der Waals surface area contributed by atoms with Crippen molar-refractivity contribution in [2.24, 2.45) is 0 Å². The van der Waals surface area contributed by atoms with Crippen LogP contribution < -0.4 is 56.1 Å². The van der Waals surface area contributed by atoms with Crippen LogP contribution in [0.25, 0.3) is 0 Å². The zero-order chi connectivity index (χ0) is 16.8. The van der Waals surface area contributed by atoms with Gasteiger partial charge >= 0.3 is 57.4 Å². The van der Waals surface area contributed by atoms with E-state index in [0.29, 0.717) is 17.9 Å². The van der Waals surface area contributed by atoms with Crippen LogP contribution in [0.15, 0.2) is 42.5 Å². The van der Waals surface area contributed by atoms with Gasteiger partial charge in [-0.15, -0.1) is 0 Å². The van der Waals surface area contributed by atoms with Crippen LogP contribution in [-0.4, -0.2) is 16.9 Å². The minimum Gasteiger partial charge on any atom is -1.00 e. The molecule has 24 heavy (non-hydrogen) atoms. The first-order valence-corrected chi connectivity index (χ1v) is 7.50. The van der Waals surface area contributed by atoms with E-state index in [2.05, 4.69) is 0 Å². The Hall–Kier alpha value is -0.984. The monoisotopic (exact) mass is 352 g/mol. The Bertz CT molecular complexity index is 711. The van der Waals surface area contributed by atoms with Crippen molar-refractivity contribution in [1.29, 1.82) is 0 Å². The van der Waals surface area contributed by atoms with Crippen LogP contribution in [0.1, 0.15) is 41.3 Å². The van der Waals surface area contributed by atoms with Crippen LogP contribution in [-0.2, 0) is 11.4 Å². The summed E-state index contributed by atoms with van der Waals surface area (Å²) in [6.07, 6.45) is -0.165. The molecule has 2 aromatic carbocycles. The van der Waals surface area contributed by atoms with E-state index in [-0.39, 0.29) is 71.4 Å². The van der Waals surface area contributed by atoms with E-state index >= 15 is 0 Å². The molecular formula is C19H21KO4. The molecule has 0 amide bonds. The third-order valence-corrected chi connectivity index (χ3v) is 3.75. The Kier molecular flexibility index (Phi) is 8.87. The first-order chi connectivity index (χ1) is 11.0. The average molecular weight is 352 g/mol. The molecule has 0 spiro atoms. The van der Waals surface area contributed by atoms with Crippen molar-refractivity contribution in [2.45, 2.75) is 33.3 Å². The molecule has 2 rings (SSSR count). The third kappa shape index (κ3) is 6.15. The molecule has 0 aromatic heterocycles. The second kappa shape index (κ2) is 10.1. The summed E-state index contributed by atoms with van der Waals surface area (Å²) in [6.45, 7) is 4.51. The van der Waals surface area contributed by atoms with Gasteiger partial charge in [-0.1, -0.05) is 30.3 Å². The van der Waals surface area contributed by atoms with E-state index in [4.69, 9.17) is 9.84 Å². The standard InChI is InChI=1S/C19H20O4.K.H/c1-13-5-3-6-14(2)17(13)12-23-16-8-4-7-15(11-16)18(20)9-10-19(21)22;;/h3-8,11H,9-10,12H2,1-2H3,(H,21,22);;/q;+1;-1. The summed E-state index contributed by atoms with van der Waals surface area (Å²) >= 11 is 0. The number of aryl methyl sites for hydroxylation is 2. The van der Waals surface area contributed by atoms with Crippen LogP contribution in [0.5, 0.6) is 5.75 Å². The molecule has 0 unspecified atom stereocenters. The maximum absolute atomic E-state index is 12.0. The third-order valence-electron chi connectivity index (χ3n) is 3.75. The molecule has 0 radical (unpaired) electrons. The SMILES string of the molecule is Cc1cccc(C)c1COc1cccc(C(=O)CCC(=O)O)c1.[H-].[K+]. The summed E-state index contributed by atoms with van der Waals surface area (Å²) in [5.41, 5.74) is 3.94. The van der Waals surface area contributed by atoms with Crippen LogP contribution in [0.2, 0.25) is 0 Å². The van der Waals surface area contributed by atoms with Gasteiger partial charge in [-0.3, -0.25) is 9.59 Å². The van der Waals surface area contributed by atoms with Crippen LogP contribution in [0.4, 0.5) is 0 Å². The molecule has 0 fully saturated rings. The van der Waals surface area contributed by atoms with E-state index < -0.39 is 5.97 Å². The number of ether oxygens (including phenoxy) is 1. The molecule has 0 saturated heterocycles. The Morgan fingerprint density at radius 1 is 1.04 bits per heavy atom. The van der Waals surface area contributed by atoms with E-state index in [1.165, 1.54) is 11.1 Å². The van der Waals surface area contributed by atoms with Crippen LogP contribution >= 0.6 is 0 Å². The number of aliphatic carboxylic acids is 1. The second-order valence-corrected chi connectivity index (χ2v) is 5.50. The van der Waals surface area contributed by atoms with Gasteiger partial charge in [0.2, 0.25) is 0 Å². The second-order valence-electron chi connectivity index (χ2n) is 5.50. The van der Waals surface area contributed by atoms with Gasteiger partial charge in [0.1, 0.15) is 12.4 Å². The van der Waals surface area contributed by atoms with Crippen molar-refractivity contribution in [3.05, 3.63) is 64.7 Å². The minimum absolute atomic E-state index is 0. The number of hydrogen-bond acceptors (Lipinski definition) is 3. The number of Topliss-reactive ketones (excluding diaryl/α,β-unsaturated/α-hetero) is 1. The predicted molar refractivity (Wildman–Crippen MR) is 89.0 cm³/mol. The quantitative estimate of drug-likeness (QED) is 0.598. The molecule has 4 nitrogen and oxygen atoms in total. The molecule has 5 heteroatoms. The summed E-state index contributed by atoms with van der Waals surface area (Å²) in [5, 5.41) is 8.65. The number of carboxylic acid groups (broad SMARTS) is 1. The molecule has 0 bridgehead atoms. The number of hydrogen-bond donors (Lipinski definition) is 1. The number of ketones is 1. The van der Waals surface area contributed by atoms with E-state index in [9.17, 15) is 9.59 Å². The molecule has 0 atom stereocenters. The van der Waals surface area contributed by atoms with Crippen molar-refractivity contribution in [2.75, 3.05) is 0 Å². The fourth-order valence-electron chi connectivity index (χ4n) is 2.36. The zero-order valence-electron chi connectivity index (χ0n) is 15.3. The van der Waals surface area contributed by atoms with Crippen molar-refractivity contribution >= 4 is 11.8 Å². The Morgan fingerprint density at radius 2 is 1.67 bits per heavy atom. The molecule has 122 valence electrons. The smallest absolute Gasteiger partial charge is 1.00 e. The summed E-state index contributed by atoms with van der Waals surface area (Å²) in [5.74, 6) is -0.556. The van der Waals surface area contributed by atoms with Crippen molar-refractivity contribution in [3.8, 4) is 5.75 Å². The maximum Gasteiger partial charge on any atom is 1.00 e.